The molecule has 1 aromatic rings. The van der Waals surface area contributed by atoms with Crippen LogP contribution in [0.4, 0.5) is 0 Å². The summed E-state index contributed by atoms with van der Waals surface area (Å²) in [6.45, 7) is 2.54. The normalized spacial score (nSPS) is 21.3. The van der Waals surface area contributed by atoms with Crippen molar-refractivity contribution in [2.75, 3.05) is 26.2 Å². The topological polar surface area (TPSA) is 53.5 Å². The van der Waals surface area contributed by atoms with E-state index < -0.39 is 0 Å². The minimum absolute atomic E-state index is 0.0939. The maximum absolute atomic E-state index is 12.5. The molecular weight excluding hydrogens is 290 g/mol. The van der Waals surface area contributed by atoms with E-state index >= 15 is 0 Å². The first-order chi connectivity index (χ1) is 11.2. The molecule has 0 N–H and O–H groups in total. The Morgan fingerprint density at radius 3 is 2.52 bits per heavy atom. The monoisotopic (exact) mass is 313 g/mol. The van der Waals surface area contributed by atoms with Gasteiger partial charge in [-0.2, -0.15) is 0 Å². The van der Waals surface area contributed by atoms with E-state index in [1.165, 1.54) is 0 Å². The molecule has 23 heavy (non-hydrogen) atoms. The Bertz CT molecular complexity index is 577. The number of hydrogen-bond donors (Lipinski definition) is 0. The summed E-state index contributed by atoms with van der Waals surface area (Å²) in [6, 6.07) is 5.61. The zero-order valence-electron chi connectivity index (χ0n) is 13.4. The minimum atomic E-state index is 0.0939. The molecule has 0 bridgehead atoms. The highest BCUT2D eigenvalue weighted by Crippen LogP contribution is 2.21. The van der Waals surface area contributed by atoms with Crippen molar-refractivity contribution < 1.29 is 9.59 Å². The molecule has 2 aliphatic rings. The molecule has 0 saturated carbocycles. The van der Waals surface area contributed by atoms with Crippen LogP contribution in [0.5, 0.6) is 0 Å². The quantitative estimate of drug-likeness (QED) is 0.797. The fourth-order valence-corrected chi connectivity index (χ4v) is 3.22. The van der Waals surface area contributed by atoms with E-state index in [0.29, 0.717) is 32.6 Å². The number of allylic oxidation sites excluding steroid dienone is 2. The maximum atomic E-state index is 12.5. The first-order valence-electron chi connectivity index (χ1n) is 8.35. The number of carbonyl (C=O) groups excluding carboxylic acids is 2. The second-order valence-electron chi connectivity index (χ2n) is 6.19. The van der Waals surface area contributed by atoms with Crippen LogP contribution in [0, 0.1) is 5.92 Å². The van der Waals surface area contributed by atoms with Crippen LogP contribution in [-0.2, 0) is 16.0 Å². The Balaban J connectivity index is 1.49. The van der Waals surface area contributed by atoms with Gasteiger partial charge in [0.15, 0.2) is 0 Å². The van der Waals surface area contributed by atoms with Gasteiger partial charge >= 0.3 is 0 Å². The zero-order chi connectivity index (χ0) is 16.1. The van der Waals surface area contributed by atoms with Gasteiger partial charge in [0.05, 0.1) is 6.42 Å². The molecule has 3 rings (SSSR count). The zero-order valence-corrected chi connectivity index (χ0v) is 13.4. The first kappa shape index (κ1) is 15.7. The fraction of sp³-hybridized carbons (Fsp3) is 0.500. The van der Waals surface area contributed by atoms with Crippen molar-refractivity contribution in [3.63, 3.8) is 0 Å². The summed E-state index contributed by atoms with van der Waals surface area (Å²) in [5.74, 6) is 0.485. The van der Waals surface area contributed by atoms with E-state index in [-0.39, 0.29) is 17.7 Å². The summed E-state index contributed by atoms with van der Waals surface area (Å²) < 4.78 is 0. The lowest BCUT2D eigenvalue weighted by atomic mass is 9.93. The van der Waals surface area contributed by atoms with Crippen molar-refractivity contribution in [3.8, 4) is 0 Å². The molecule has 5 nitrogen and oxygen atoms in total. The molecule has 5 heteroatoms. The number of pyridine rings is 1. The highest BCUT2D eigenvalue weighted by molar-refractivity contribution is 5.81. The Morgan fingerprint density at radius 2 is 1.87 bits per heavy atom. The molecule has 122 valence electrons. The molecule has 1 fully saturated rings. The molecular formula is C18H23N3O2. The van der Waals surface area contributed by atoms with Gasteiger partial charge in [-0.25, -0.2) is 0 Å². The van der Waals surface area contributed by atoms with Gasteiger partial charge in [0, 0.05) is 44.0 Å². The highest BCUT2D eigenvalue weighted by atomic mass is 16.2. The SMILES string of the molecule is O=C(Cc1ccccn1)N1CCN(C(=O)[C@H]2CC=CCC2)CC1. The van der Waals surface area contributed by atoms with E-state index in [1.54, 1.807) is 6.20 Å². The summed E-state index contributed by atoms with van der Waals surface area (Å²) in [4.78, 5) is 32.8. The molecule has 0 aromatic carbocycles. The van der Waals surface area contributed by atoms with Gasteiger partial charge in [-0.1, -0.05) is 18.2 Å². The minimum Gasteiger partial charge on any atom is -0.339 e. The van der Waals surface area contributed by atoms with Crippen LogP contribution >= 0.6 is 0 Å². The lowest BCUT2D eigenvalue weighted by Crippen LogP contribution is -2.52. The van der Waals surface area contributed by atoms with Crippen molar-refractivity contribution >= 4 is 11.8 Å². The third-order valence-electron chi connectivity index (χ3n) is 4.62. The predicted octanol–water partition coefficient (Wildman–Crippen LogP) is 1.65. The Labute approximate surface area is 137 Å². The van der Waals surface area contributed by atoms with Gasteiger partial charge in [-0.05, 0) is 31.4 Å². The number of nitrogens with zero attached hydrogens (tertiary/aromatic N) is 3. The summed E-state index contributed by atoms with van der Waals surface area (Å²) in [7, 11) is 0. The maximum Gasteiger partial charge on any atom is 0.228 e. The Kier molecular flexibility index (Phi) is 5.05. The molecule has 2 heterocycles. The summed E-state index contributed by atoms with van der Waals surface area (Å²) in [5, 5.41) is 0. The van der Waals surface area contributed by atoms with Gasteiger partial charge in [0.1, 0.15) is 0 Å². The molecule has 1 atom stereocenters. The number of amides is 2. The van der Waals surface area contributed by atoms with E-state index in [9.17, 15) is 9.59 Å². The molecule has 1 aliphatic heterocycles. The fourth-order valence-electron chi connectivity index (χ4n) is 3.22. The number of carbonyl (C=O) groups is 2. The molecule has 1 saturated heterocycles. The Hall–Kier alpha value is -2.17. The van der Waals surface area contributed by atoms with Crippen LogP contribution in [0.2, 0.25) is 0 Å². The van der Waals surface area contributed by atoms with Gasteiger partial charge in [-0.15, -0.1) is 0 Å². The number of rotatable bonds is 3. The van der Waals surface area contributed by atoms with Gasteiger partial charge in [-0.3, -0.25) is 14.6 Å². The predicted molar refractivity (Wildman–Crippen MR) is 87.6 cm³/mol. The van der Waals surface area contributed by atoms with E-state index in [0.717, 1.165) is 25.0 Å². The first-order valence-corrected chi connectivity index (χ1v) is 8.35. The molecule has 2 amide bonds. The second-order valence-corrected chi connectivity index (χ2v) is 6.19. The van der Waals surface area contributed by atoms with Gasteiger partial charge in [0.2, 0.25) is 11.8 Å². The molecule has 0 radical (unpaired) electrons. The highest BCUT2D eigenvalue weighted by Gasteiger charge is 2.28. The molecule has 0 spiro atoms. The number of hydrogen-bond acceptors (Lipinski definition) is 3. The summed E-state index contributed by atoms with van der Waals surface area (Å²) in [6.07, 6.45) is 9.11. The molecule has 1 aliphatic carbocycles. The van der Waals surface area contributed by atoms with Crippen LogP contribution in [0.25, 0.3) is 0 Å². The smallest absolute Gasteiger partial charge is 0.228 e. The average Bonchev–Trinajstić information content (AvgIpc) is 2.63. The lowest BCUT2D eigenvalue weighted by Gasteiger charge is -2.36. The third kappa shape index (κ3) is 3.97. The van der Waals surface area contributed by atoms with Crippen molar-refractivity contribution in [1.82, 2.24) is 14.8 Å². The number of aromatic nitrogens is 1. The van der Waals surface area contributed by atoms with Crippen LogP contribution in [0.1, 0.15) is 25.0 Å². The summed E-state index contributed by atoms with van der Waals surface area (Å²) >= 11 is 0. The molecule has 0 unspecified atom stereocenters. The van der Waals surface area contributed by atoms with Crippen molar-refractivity contribution in [2.24, 2.45) is 5.92 Å². The van der Waals surface area contributed by atoms with Crippen molar-refractivity contribution in [2.45, 2.75) is 25.7 Å². The van der Waals surface area contributed by atoms with Crippen LogP contribution in [-0.4, -0.2) is 52.8 Å². The molecule has 1 aromatic heterocycles. The lowest BCUT2D eigenvalue weighted by molar-refractivity contribution is -0.142. The van der Waals surface area contributed by atoms with E-state index in [1.807, 2.05) is 28.0 Å². The summed E-state index contributed by atoms with van der Waals surface area (Å²) in [5.41, 5.74) is 0.796. The van der Waals surface area contributed by atoms with E-state index in [4.69, 9.17) is 0 Å². The van der Waals surface area contributed by atoms with Crippen LogP contribution in [0.15, 0.2) is 36.5 Å². The van der Waals surface area contributed by atoms with Crippen molar-refractivity contribution in [3.05, 3.63) is 42.2 Å². The van der Waals surface area contributed by atoms with E-state index in [2.05, 4.69) is 17.1 Å². The average molecular weight is 313 g/mol. The van der Waals surface area contributed by atoms with Gasteiger partial charge < -0.3 is 9.80 Å². The second kappa shape index (κ2) is 7.40. The standard InChI is InChI=1S/C18H23N3O2/c22-17(14-16-8-4-5-9-19-16)20-10-12-21(13-11-20)18(23)15-6-2-1-3-7-15/h1-2,4-5,8-9,15H,3,6-7,10-14H2/t15-/m0/s1. The van der Waals surface area contributed by atoms with Crippen LogP contribution < -0.4 is 0 Å². The Morgan fingerprint density at radius 1 is 1.09 bits per heavy atom. The van der Waals surface area contributed by atoms with Crippen LogP contribution in [0.3, 0.4) is 0 Å². The third-order valence-corrected chi connectivity index (χ3v) is 4.62. The largest absolute Gasteiger partial charge is 0.339 e. The van der Waals surface area contributed by atoms with Gasteiger partial charge in [0.25, 0.3) is 0 Å². The van der Waals surface area contributed by atoms with Crippen molar-refractivity contribution in [1.29, 1.82) is 0 Å². The number of piperazine rings is 1.